The fourth-order valence-corrected chi connectivity index (χ4v) is 9.88. The lowest BCUT2D eigenvalue weighted by Crippen LogP contribution is -2.42. The Hall–Kier alpha value is 0.0569. The van der Waals surface area contributed by atoms with Gasteiger partial charge in [0.05, 0.1) is 0 Å². The van der Waals surface area contributed by atoms with Gasteiger partial charge in [0.15, 0.2) is 8.32 Å². The zero-order valence-electron chi connectivity index (χ0n) is 28.0. The smallest absolute Gasteiger partial charge is 0.192 e. The first-order chi connectivity index (χ1) is 18.4. The first-order valence-electron chi connectivity index (χ1n) is 17.2. The maximum atomic E-state index is 6.64. The summed E-state index contributed by atoms with van der Waals surface area (Å²) in [4.78, 5) is 8.31. The fourth-order valence-electron chi connectivity index (χ4n) is 6.52. The summed E-state index contributed by atoms with van der Waals surface area (Å²) >= 11 is 0. The molecule has 0 aliphatic rings. The summed E-state index contributed by atoms with van der Waals surface area (Å²) in [6, 6.07) is 3.88. The van der Waals surface area contributed by atoms with E-state index in [9.17, 15) is 0 Å². The first-order valence-corrected chi connectivity index (χ1v) is 19.7. The number of hydrogen-bond acceptors (Lipinski definition) is 4. The van der Waals surface area contributed by atoms with E-state index in [1.165, 1.54) is 141 Å². The average Bonchev–Trinajstić information content (AvgIpc) is 2.92. The van der Waals surface area contributed by atoms with Gasteiger partial charge in [-0.3, -0.25) is 0 Å². The van der Waals surface area contributed by atoms with Crippen LogP contribution in [0.5, 0.6) is 0 Å². The molecule has 38 heavy (non-hydrogen) atoms. The van der Waals surface area contributed by atoms with E-state index in [2.05, 4.69) is 77.0 Å². The first kappa shape index (κ1) is 38.1. The van der Waals surface area contributed by atoms with Crippen molar-refractivity contribution in [2.24, 2.45) is 5.41 Å². The summed E-state index contributed by atoms with van der Waals surface area (Å²) in [6.45, 7) is 33.3. The summed E-state index contributed by atoms with van der Waals surface area (Å²) < 4.78 is 6.64. The second-order valence-electron chi connectivity index (χ2n) is 12.1. The summed E-state index contributed by atoms with van der Waals surface area (Å²) in [7, 11) is -1.65. The van der Waals surface area contributed by atoms with Gasteiger partial charge in [0.1, 0.15) is 0 Å². The maximum Gasteiger partial charge on any atom is 0.192 e. The van der Waals surface area contributed by atoms with Crippen LogP contribution in [0.15, 0.2) is 0 Å². The van der Waals surface area contributed by atoms with Crippen molar-refractivity contribution in [3.05, 3.63) is 0 Å². The molecule has 0 saturated carbocycles. The van der Waals surface area contributed by atoms with Crippen LogP contribution in [0.4, 0.5) is 0 Å². The second-order valence-corrected chi connectivity index (χ2v) is 16.7. The lowest BCUT2D eigenvalue weighted by atomic mass is 9.75. The summed E-state index contributed by atoms with van der Waals surface area (Å²) in [6.07, 6.45) is 13.0. The molecule has 0 heterocycles. The Morgan fingerprint density at radius 3 is 1.00 bits per heavy atom. The number of nitrogens with zero attached hydrogens (tertiary/aromatic N) is 3. The van der Waals surface area contributed by atoms with E-state index in [-0.39, 0.29) is 0 Å². The summed E-state index contributed by atoms with van der Waals surface area (Å²) in [5.41, 5.74) is 0.416. The monoisotopic (exact) mass is 556 g/mol. The van der Waals surface area contributed by atoms with Crippen molar-refractivity contribution in [2.45, 2.75) is 145 Å². The molecule has 0 aromatic heterocycles. The molecule has 230 valence electrons. The zero-order chi connectivity index (χ0) is 28.7. The van der Waals surface area contributed by atoms with Gasteiger partial charge >= 0.3 is 0 Å². The Kier molecular flexibility index (Phi) is 23.8. The molecule has 4 nitrogen and oxygen atoms in total. The molecule has 0 aliphatic heterocycles. The molecular formula is C33H73N3OSi. The lowest BCUT2D eigenvalue weighted by Gasteiger charge is -2.41. The Morgan fingerprint density at radius 1 is 0.447 bits per heavy atom. The predicted molar refractivity (Wildman–Crippen MR) is 175 cm³/mol. The largest absolute Gasteiger partial charge is 0.417 e. The molecule has 0 amide bonds. The molecule has 0 aromatic rings. The molecule has 0 aromatic carbocycles. The molecule has 5 heteroatoms. The van der Waals surface area contributed by atoms with Crippen LogP contribution in [-0.2, 0) is 4.43 Å². The minimum Gasteiger partial charge on any atom is -0.417 e. The Morgan fingerprint density at radius 2 is 0.763 bits per heavy atom. The van der Waals surface area contributed by atoms with Gasteiger partial charge < -0.3 is 19.1 Å². The van der Waals surface area contributed by atoms with E-state index in [1.54, 1.807) is 0 Å². The van der Waals surface area contributed by atoms with Crippen LogP contribution >= 0.6 is 0 Å². The zero-order valence-corrected chi connectivity index (χ0v) is 29.0. The molecular weight excluding hydrogens is 482 g/mol. The van der Waals surface area contributed by atoms with E-state index < -0.39 is 8.32 Å². The molecule has 0 saturated heterocycles. The molecule has 0 aliphatic carbocycles. The SMILES string of the molecule is CCCN(CCC)CCC(CCN(CCC)CCC)(CCN(CCC)CCC)CC[Si](CC)(CC)OCC. The average molecular weight is 556 g/mol. The van der Waals surface area contributed by atoms with Crippen molar-refractivity contribution in [1.29, 1.82) is 0 Å². The molecule has 0 radical (unpaired) electrons. The minimum absolute atomic E-state index is 0.416. The van der Waals surface area contributed by atoms with E-state index in [1.807, 2.05) is 0 Å². The van der Waals surface area contributed by atoms with Crippen LogP contribution in [0, 0.1) is 5.41 Å². The Balaban J connectivity index is 6.15. The third-order valence-electron chi connectivity index (χ3n) is 8.96. The molecule has 0 rings (SSSR count). The molecule has 0 bridgehead atoms. The highest BCUT2D eigenvalue weighted by Gasteiger charge is 2.37. The van der Waals surface area contributed by atoms with Gasteiger partial charge in [0.25, 0.3) is 0 Å². The van der Waals surface area contributed by atoms with Crippen molar-refractivity contribution < 1.29 is 4.43 Å². The highest BCUT2D eigenvalue weighted by atomic mass is 28.4. The summed E-state index contributed by atoms with van der Waals surface area (Å²) in [5, 5.41) is 0. The van der Waals surface area contributed by atoms with Crippen LogP contribution in [0.3, 0.4) is 0 Å². The second kappa shape index (κ2) is 23.7. The van der Waals surface area contributed by atoms with E-state index >= 15 is 0 Å². The quantitative estimate of drug-likeness (QED) is 0.0897. The number of rotatable bonds is 28. The van der Waals surface area contributed by atoms with Crippen LogP contribution in [0.2, 0.25) is 18.1 Å². The van der Waals surface area contributed by atoms with E-state index in [0.717, 1.165) is 6.61 Å². The Bertz CT molecular complexity index is 446. The van der Waals surface area contributed by atoms with Crippen molar-refractivity contribution in [3.8, 4) is 0 Å². The molecule has 0 fully saturated rings. The Labute approximate surface area is 242 Å². The highest BCUT2D eigenvalue weighted by Crippen LogP contribution is 2.41. The third-order valence-corrected chi connectivity index (χ3v) is 13.6. The van der Waals surface area contributed by atoms with Gasteiger partial charge in [0, 0.05) is 6.61 Å². The summed E-state index contributed by atoms with van der Waals surface area (Å²) in [5.74, 6) is 0. The van der Waals surface area contributed by atoms with E-state index in [0.29, 0.717) is 5.41 Å². The maximum absolute atomic E-state index is 6.64. The van der Waals surface area contributed by atoms with Crippen LogP contribution in [0.1, 0.15) is 127 Å². The van der Waals surface area contributed by atoms with Crippen LogP contribution < -0.4 is 0 Å². The normalized spacial score (nSPS) is 12.9. The fraction of sp³-hybridized carbons (Fsp3) is 1.00. The van der Waals surface area contributed by atoms with Gasteiger partial charge in [-0.15, -0.1) is 0 Å². The lowest BCUT2D eigenvalue weighted by molar-refractivity contribution is 0.114. The molecule has 0 atom stereocenters. The van der Waals surface area contributed by atoms with Gasteiger partial charge in [-0.05, 0) is 154 Å². The van der Waals surface area contributed by atoms with Gasteiger partial charge in [-0.1, -0.05) is 55.4 Å². The molecule has 0 unspecified atom stereocenters. The van der Waals surface area contributed by atoms with Crippen molar-refractivity contribution in [2.75, 3.05) is 65.5 Å². The van der Waals surface area contributed by atoms with Crippen molar-refractivity contribution >= 4 is 8.32 Å². The standard InChI is InChI=1S/C33H73N3OSi/c1-10-23-34(24-11-2)29-19-33(20-30-35(25-12-3)26-13-4,21-31-36(27-14-5)28-15-6)22-32-38(17-8,18-9)37-16-7/h10-32H2,1-9H3. The molecule has 0 N–H and O–H groups in total. The van der Waals surface area contributed by atoms with Crippen LogP contribution in [0.25, 0.3) is 0 Å². The van der Waals surface area contributed by atoms with E-state index in [4.69, 9.17) is 4.43 Å². The van der Waals surface area contributed by atoms with Gasteiger partial charge in [0.2, 0.25) is 0 Å². The third kappa shape index (κ3) is 15.7. The van der Waals surface area contributed by atoms with Gasteiger partial charge in [-0.25, -0.2) is 0 Å². The van der Waals surface area contributed by atoms with Crippen LogP contribution in [-0.4, -0.2) is 88.5 Å². The predicted octanol–water partition coefficient (Wildman–Crippen LogP) is 8.92. The molecule has 0 spiro atoms. The van der Waals surface area contributed by atoms with Crippen molar-refractivity contribution in [1.82, 2.24) is 14.7 Å². The van der Waals surface area contributed by atoms with Gasteiger partial charge in [-0.2, -0.15) is 0 Å². The topological polar surface area (TPSA) is 19.0 Å². The minimum atomic E-state index is -1.65. The highest BCUT2D eigenvalue weighted by molar-refractivity contribution is 6.73. The van der Waals surface area contributed by atoms with Crippen molar-refractivity contribution in [3.63, 3.8) is 0 Å². The number of hydrogen-bond donors (Lipinski definition) is 0.